The Kier molecular flexibility index (Phi) is 6.27. The van der Waals surface area contributed by atoms with Crippen molar-refractivity contribution in [1.29, 1.82) is 5.26 Å². The standard InChI is InChI=1S/C14H22N2O2/c1-3-16(13-8-6-5-7-9-13)11-12(10-15)14(17)18-4-2/h11,13H,3-9H2,1-2H3/b12-11+. The van der Waals surface area contributed by atoms with Gasteiger partial charge in [-0.3, -0.25) is 0 Å². The Hall–Kier alpha value is -1.50. The van der Waals surface area contributed by atoms with Crippen LogP contribution >= 0.6 is 0 Å². The van der Waals surface area contributed by atoms with Crippen molar-refractivity contribution >= 4 is 5.97 Å². The minimum atomic E-state index is -0.519. The molecule has 0 aromatic carbocycles. The van der Waals surface area contributed by atoms with Crippen molar-refractivity contribution in [1.82, 2.24) is 4.90 Å². The normalized spacial score (nSPS) is 17.1. The molecule has 0 bridgehead atoms. The van der Waals surface area contributed by atoms with E-state index in [0.29, 0.717) is 12.6 Å². The number of hydrogen-bond donors (Lipinski definition) is 0. The second-order valence-corrected chi connectivity index (χ2v) is 4.50. The summed E-state index contributed by atoms with van der Waals surface area (Å²) in [5.41, 5.74) is 0.101. The molecule has 4 nitrogen and oxygen atoms in total. The molecule has 1 aliphatic rings. The van der Waals surface area contributed by atoms with E-state index in [2.05, 4.69) is 4.90 Å². The molecular formula is C14H22N2O2. The third kappa shape index (κ3) is 4.06. The predicted octanol–water partition coefficient (Wildman–Crippen LogP) is 2.61. The highest BCUT2D eigenvalue weighted by Gasteiger charge is 2.20. The highest BCUT2D eigenvalue weighted by Crippen LogP contribution is 2.23. The summed E-state index contributed by atoms with van der Waals surface area (Å²) in [6, 6.07) is 2.40. The SMILES string of the molecule is CCOC(=O)/C(C#N)=C/N(CC)C1CCCCC1. The van der Waals surface area contributed by atoms with E-state index in [0.717, 1.165) is 19.4 Å². The second-order valence-electron chi connectivity index (χ2n) is 4.50. The number of nitrogens with zero attached hydrogens (tertiary/aromatic N) is 2. The van der Waals surface area contributed by atoms with E-state index in [9.17, 15) is 4.79 Å². The average Bonchev–Trinajstić information content (AvgIpc) is 2.41. The number of rotatable bonds is 5. The van der Waals surface area contributed by atoms with Gasteiger partial charge in [-0.25, -0.2) is 4.79 Å². The number of nitriles is 1. The number of hydrogen-bond acceptors (Lipinski definition) is 4. The summed E-state index contributed by atoms with van der Waals surface area (Å²) >= 11 is 0. The largest absolute Gasteiger partial charge is 0.462 e. The molecule has 1 rings (SSSR count). The van der Waals surface area contributed by atoms with Gasteiger partial charge >= 0.3 is 5.97 Å². The summed E-state index contributed by atoms with van der Waals surface area (Å²) in [5, 5.41) is 9.02. The van der Waals surface area contributed by atoms with Gasteiger partial charge < -0.3 is 9.64 Å². The van der Waals surface area contributed by atoms with Gasteiger partial charge in [0.05, 0.1) is 6.61 Å². The van der Waals surface area contributed by atoms with Crippen LogP contribution < -0.4 is 0 Å². The van der Waals surface area contributed by atoms with Gasteiger partial charge in [0.15, 0.2) is 5.57 Å². The maximum absolute atomic E-state index is 11.6. The van der Waals surface area contributed by atoms with E-state index in [1.165, 1.54) is 19.3 Å². The summed E-state index contributed by atoms with van der Waals surface area (Å²) in [6.07, 6.45) is 7.72. The Balaban J connectivity index is 2.73. The summed E-state index contributed by atoms with van der Waals surface area (Å²) < 4.78 is 4.87. The number of ether oxygens (including phenoxy) is 1. The average molecular weight is 250 g/mol. The molecule has 0 aromatic rings. The van der Waals surface area contributed by atoms with Crippen LogP contribution in [0.4, 0.5) is 0 Å². The van der Waals surface area contributed by atoms with Crippen LogP contribution in [-0.2, 0) is 9.53 Å². The van der Waals surface area contributed by atoms with Gasteiger partial charge in [0, 0.05) is 18.8 Å². The van der Waals surface area contributed by atoms with Crippen molar-refractivity contribution in [3.05, 3.63) is 11.8 Å². The lowest BCUT2D eigenvalue weighted by molar-refractivity contribution is -0.138. The van der Waals surface area contributed by atoms with Crippen molar-refractivity contribution in [2.75, 3.05) is 13.2 Å². The summed E-state index contributed by atoms with van der Waals surface area (Å²) in [6.45, 7) is 4.90. The molecule has 1 fully saturated rings. The van der Waals surface area contributed by atoms with Gasteiger partial charge in [0.2, 0.25) is 0 Å². The van der Waals surface area contributed by atoms with Crippen LogP contribution in [0.3, 0.4) is 0 Å². The molecule has 0 saturated heterocycles. The third-order valence-corrected chi connectivity index (χ3v) is 3.32. The number of carbonyl (C=O) groups is 1. The molecule has 0 aliphatic heterocycles. The fraction of sp³-hybridized carbons (Fsp3) is 0.714. The Morgan fingerprint density at radius 1 is 1.39 bits per heavy atom. The van der Waals surface area contributed by atoms with Crippen molar-refractivity contribution in [3.63, 3.8) is 0 Å². The number of carbonyl (C=O) groups excluding carboxylic acids is 1. The monoisotopic (exact) mass is 250 g/mol. The first-order valence-corrected chi connectivity index (χ1v) is 6.77. The summed E-state index contributed by atoms with van der Waals surface area (Å²) in [5.74, 6) is -0.519. The highest BCUT2D eigenvalue weighted by molar-refractivity contribution is 5.92. The van der Waals surface area contributed by atoms with Gasteiger partial charge in [0.25, 0.3) is 0 Å². The van der Waals surface area contributed by atoms with Gasteiger partial charge in [-0.1, -0.05) is 19.3 Å². The lowest BCUT2D eigenvalue weighted by Gasteiger charge is -2.32. The first-order valence-electron chi connectivity index (χ1n) is 6.77. The molecule has 0 unspecified atom stereocenters. The van der Waals surface area contributed by atoms with Crippen LogP contribution in [0.25, 0.3) is 0 Å². The van der Waals surface area contributed by atoms with E-state index in [1.54, 1.807) is 13.1 Å². The minimum Gasteiger partial charge on any atom is -0.462 e. The Labute approximate surface area is 109 Å². The topological polar surface area (TPSA) is 53.3 Å². The van der Waals surface area contributed by atoms with Crippen molar-refractivity contribution in [2.24, 2.45) is 0 Å². The third-order valence-electron chi connectivity index (χ3n) is 3.32. The molecule has 4 heteroatoms. The highest BCUT2D eigenvalue weighted by atomic mass is 16.5. The lowest BCUT2D eigenvalue weighted by Crippen LogP contribution is -2.33. The first kappa shape index (κ1) is 14.6. The van der Waals surface area contributed by atoms with E-state index in [4.69, 9.17) is 10.00 Å². The van der Waals surface area contributed by atoms with Gasteiger partial charge in [-0.2, -0.15) is 5.26 Å². The Morgan fingerprint density at radius 3 is 2.56 bits per heavy atom. The maximum atomic E-state index is 11.6. The van der Waals surface area contributed by atoms with Crippen LogP contribution in [0.5, 0.6) is 0 Å². The van der Waals surface area contributed by atoms with Crippen LogP contribution in [0.2, 0.25) is 0 Å². The lowest BCUT2D eigenvalue weighted by atomic mass is 9.94. The fourth-order valence-corrected chi connectivity index (χ4v) is 2.37. The zero-order valence-electron chi connectivity index (χ0n) is 11.3. The van der Waals surface area contributed by atoms with Gasteiger partial charge in [-0.15, -0.1) is 0 Å². The van der Waals surface area contributed by atoms with Crippen molar-refractivity contribution in [3.8, 4) is 6.07 Å². The van der Waals surface area contributed by atoms with Gasteiger partial charge in [-0.05, 0) is 26.7 Å². The van der Waals surface area contributed by atoms with Crippen molar-refractivity contribution in [2.45, 2.75) is 52.0 Å². The predicted molar refractivity (Wildman–Crippen MR) is 69.6 cm³/mol. The molecule has 0 radical (unpaired) electrons. The molecule has 18 heavy (non-hydrogen) atoms. The smallest absolute Gasteiger partial charge is 0.350 e. The van der Waals surface area contributed by atoms with E-state index < -0.39 is 5.97 Å². The van der Waals surface area contributed by atoms with Crippen LogP contribution in [0, 0.1) is 11.3 Å². The zero-order chi connectivity index (χ0) is 13.4. The van der Waals surface area contributed by atoms with E-state index in [-0.39, 0.29) is 5.57 Å². The molecule has 0 aromatic heterocycles. The summed E-state index contributed by atoms with van der Waals surface area (Å²) in [7, 11) is 0. The minimum absolute atomic E-state index is 0.101. The molecule has 0 atom stereocenters. The second kappa shape index (κ2) is 7.75. The molecule has 100 valence electrons. The van der Waals surface area contributed by atoms with Crippen molar-refractivity contribution < 1.29 is 9.53 Å². The van der Waals surface area contributed by atoms with Gasteiger partial charge in [0.1, 0.15) is 6.07 Å². The van der Waals surface area contributed by atoms with Crippen LogP contribution in [0.1, 0.15) is 46.0 Å². The molecule has 0 amide bonds. The molecular weight excluding hydrogens is 228 g/mol. The molecule has 0 spiro atoms. The maximum Gasteiger partial charge on any atom is 0.350 e. The molecule has 1 aliphatic carbocycles. The zero-order valence-corrected chi connectivity index (χ0v) is 11.3. The summed E-state index contributed by atoms with van der Waals surface area (Å²) in [4.78, 5) is 13.7. The Bertz CT molecular complexity index is 338. The quantitative estimate of drug-likeness (QED) is 0.427. The van der Waals surface area contributed by atoms with E-state index >= 15 is 0 Å². The Morgan fingerprint density at radius 2 is 2.06 bits per heavy atom. The molecule has 0 N–H and O–H groups in total. The number of esters is 1. The molecule has 0 heterocycles. The first-order chi connectivity index (χ1) is 8.72. The van der Waals surface area contributed by atoms with E-state index in [1.807, 2.05) is 13.0 Å². The van der Waals surface area contributed by atoms with Crippen LogP contribution in [0.15, 0.2) is 11.8 Å². The fourth-order valence-electron chi connectivity index (χ4n) is 2.37. The molecule has 1 saturated carbocycles. The van der Waals surface area contributed by atoms with Crippen LogP contribution in [-0.4, -0.2) is 30.1 Å².